The Morgan fingerprint density at radius 1 is 0.455 bits per heavy atom. The molecule has 0 aliphatic heterocycles. The summed E-state index contributed by atoms with van der Waals surface area (Å²) in [5.41, 5.74) is 0. The van der Waals surface area contributed by atoms with Gasteiger partial charge >= 0.3 is 11.9 Å². The average molecular weight is 956 g/mol. The molecule has 66 heavy (non-hydrogen) atoms. The maximum Gasteiger partial charge on any atom is 0.306 e. The molecule has 10 heteroatoms. The minimum Gasteiger partial charge on any atom is -0.756 e. The van der Waals surface area contributed by atoms with Crippen LogP contribution in [0.2, 0.25) is 0 Å². The molecule has 0 saturated carbocycles. The number of likely N-dealkylation sites (N-methyl/N-ethyl adjacent to an activating group) is 1. The number of ether oxygens (including phenoxy) is 2. The van der Waals surface area contributed by atoms with Gasteiger partial charge in [-0.2, -0.15) is 0 Å². The van der Waals surface area contributed by atoms with Crippen LogP contribution in [0, 0.1) is 0 Å². The van der Waals surface area contributed by atoms with Crippen molar-refractivity contribution in [2.75, 3.05) is 47.5 Å². The molecule has 0 bridgehead atoms. The second-order valence-corrected chi connectivity index (χ2v) is 22.1. The SMILES string of the molecule is CCCCCCCCCC/C=C\CCCCCCCCCCCCCCCC(=O)OC(COC(=O)CCCCCCCCCCCCCCCCCCC)COP(=O)([O-])OCC[N+](C)(C)C. The zero-order valence-electron chi connectivity index (χ0n) is 44.4. The minimum atomic E-state index is -4.63. The standard InChI is InChI=1S/C56H110NO8P/c1-6-8-10-12-14-16-18-20-22-24-25-26-27-28-29-30-31-33-35-37-39-41-43-45-47-49-56(59)65-54(53-64-66(60,61)63-51-50-57(3,4)5)52-62-55(58)48-46-44-42-40-38-36-34-32-23-21-19-17-15-13-11-9-7-2/h24-25,54H,6-23,26-53H2,1-5H3/b25-24-. The molecule has 0 radical (unpaired) electrons. The largest absolute Gasteiger partial charge is 0.756 e. The van der Waals surface area contributed by atoms with E-state index < -0.39 is 26.5 Å². The van der Waals surface area contributed by atoms with Gasteiger partial charge in [0.15, 0.2) is 6.10 Å². The molecule has 0 aromatic rings. The molecule has 2 unspecified atom stereocenters. The van der Waals surface area contributed by atoms with Crippen molar-refractivity contribution in [3.05, 3.63) is 12.2 Å². The first-order valence-corrected chi connectivity index (χ1v) is 29.9. The van der Waals surface area contributed by atoms with Crippen LogP contribution in [0.1, 0.15) is 284 Å². The van der Waals surface area contributed by atoms with Crippen molar-refractivity contribution in [1.82, 2.24) is 0 Å². The molecule has 0 heterocycles. The number of esters is 2. The van der Waals surface area contributed by atoms with Crippen molar-refractivity contribution in [1.29, 1.82) is 0 Å². The van der Waals surface area contributed by atoms with Gasteiger partial charge in [-0.05, 0) is 38.5 Å². The highest BCUT2D eigenvalue weighted by atomic mass is 31.2. The van der Waals surface area contributed by atoms with Gasteiger partial charge in [-0.25, -0.2) is 0 Å². The molecule has 0 fully saturated rings. The van der Waals surface area contributed by atoms with E-state index >= 15 is 0 Å². The normalized spacial score (nSPS) is 13.4. The molecule has 0 rings (SSSR count). The van der Waals surface area contributed by atoms with Crippen LogP contribution in [0.3, 0.4) is 0 Å². The van der Waals surface area contributed by atoms with Crippen molar-refractivity contribution >= 4 is 19.8 Å². The highest BCUT2D eigenvalue weighted by molar-refractivity contribution is 7.45. The van der Waals surface area contributed by atoms with Crippen molar-refractivity contribution in [3.8, 4) is 0 Å². The molecule has 0 aliphatic carbocycles. The number of unbranched alkanes of at least 4 members (excludes halogenated alkanes) is 37. The Labute approximate surface area is 409 Å². The fraction of sp³-hybridized carbons (Fsp3) is 0.929. The average Bonchev–Trinajstić information content (AvgIpc) is 3.27. The topological polar surface area (TPSA) is 111 Å². The van der Waals surface area contributed by atoms with E-state index in [4.69, 9.17) is 18.5 Å². The summed E-state index contributed by atoms with van der Waals surface area (Å²) in [4.78, 5) is 37.8. The van der Waals surface area contributed by atoms with Crippen molar-refractivity contribution in [2.45, 2.75) is 290 Å². The van der Waals surface area contributed by atoms with Gasteiger partial charge in [0.1, 0.15) is 19.8 Å². The summed E-state index contributed by atoms with van der Waals surface area (Å²) in [5.74, 6) is -0.815. The molecule has 0 N–H and O–H groups in total. The number of phosphoric acid groups is 1. The molecular formula is C56H110NO8P. The third-order valence-electron chi connectivity index (χ3n) is 12.8. The summed E-state index contributed by atoms with van der Waals surface area (Å²) in [7, 11) is 1.18. The molecule has 0 aromatic carbocycles. The van der Waals surface area contributed by atoms with E-state index in [-0.39, 0.29) is 32.0 Å². The van der Waals surface area contributed by atoms with Gasteiger partial charge in [-0.3, -0.25) is 14.2 Å². The van der Waals surface area contributed by atoms with Crippen molar-refractivity contribution < 1.29 is 42.1 Å². The summed E-state index contributed by atoms with van der Waals surface area (Å²) in [6.45, 7) is 4.29. The first kappa shape index (κ1) is 64.8. The molecule has 0 amide bonds. The lowest BCUT2D eigenvalue weighted by atomic mass is 10.0. The van der Waals surface area contributed by atoms with E-state index in [1.54, 1.807) is 0 Å². The maximum absolute atomic E-state index is 12.8. The van der Waals surface area contributed by atoms with Crippen molar-refractivity contribution in [2.24, 2.45) is 0 Å². The van der Waals surface area contributed by atoms with Gasteiger partial charge < -0.3 is 27.9 Å². The number of hydrogen-bond donors (Lipinski definition) is 0. The number of quaternary nitrogens is 1. The van der Waals surface area contributed by atoms with E-state index in [2.05, 4.69) is 26.0 Å². The van der Waals surface area contributed by atoms with E-state index in [9.17, 15) is 19.0 Å². The maximum atomic E-state index is 12.8. The highest BCUT2D eigenvalue weighted by Crippen LogP contribution is 2.38. The Bertz CT molecular complexity index is 1130. The van der Waals surface area contributed by atoms with Crippen LogP contribution in [0.15, 0.2) is 12.2 Å². The number of allylic oxidation sites excluding steroid dienone is 2. The van der Waals surface area contributed by atoms with Gasteiger partial charge in [0.05, 0.1) is 27.7 Å². The summed E-state index contributed by atoms with van der Waals surface area (Å²) >= 11 is 0. The Morgan fingerprint density at radius 3 is 1.12 bits per heavy atom. The summed E-state index contributed by atoms with van der Waals surface area (Å²) in [6.07, 6.45) is 55.4. The smallest absolute Gasteiger partial charge is 0.306 e. The zero-order chi connectivity index (χ0) is 48.5. The van der Waals surface area contributed by atoms with Gasteiger partial charge in [0, 0.05) is 12.8 Å². The molecule has 0 saturated heterocycles. The third-order valence-corrected chi connectivity index (χ3v) is 13.7. The number of nitrogens with zero attached hydrogens (tertiary/aromatic N) is 1. The van der Waals surface area contributed by atoms with Crippen LogP contribution in [-0.4, -0.2) is 70.0 Å². The predicted molar refractivity (Wildman–Crippen MR) is 278 cm³/mol. The van der Waals surface area contributed by atoms with Crippen LogP contribution < -0.4 is 4.89 Å². The molecule has 0 spiro atoms. The second-order valence-electron chi connectivity index (χ2n) is 20.7. The molecule has 0 aliphatic rings. The van der Waals surface area contributed by atoms with Crippen LogP contribution in [0.25, 0.3) is 0 Å². The third kappa shape index (κ3) is 52.1. The number of carbonyl (C=O) groups is 2. The van der Waals surface area contributed by atoms with Crippen molar-refractivity contribution in [3.63, 3.8) is 0 Å². The lowest BCUT2D eigenvalue weighted by Crippen LogP contribution is -2.37. The fourth-order valence-corrected chi connectivity index (χ4v) is 9.09. The molecule has 0 aromatic heterocycles. The van der Waals surface area contributed by atoms with Crippen LogP contribution in [0.5, 0.6) is 0 Å². The van der Waals surface area contributed by atoms with Gasteiger partial charge in [0.25, 0.3) is 7.82 Å². The Balaban J connectivity index is 4.12. The lowest BCUT2D eigenvalue weighted by molar-refractivity contribution is -0.870. The number of carbonyl (C=O) groups excluding carboxylic acids is 2. The first-order valence-electron chi connectivity index (χ1n) is 28.4. The van der Waals surface area contributed by atoms with Gasteiger partial charge in [-0.15, -0.1) is 0 Å². The highest BCUT2D eigenvalue weighted by Gasteiger charge is 2.22. The number of hydrogen-bond acceptors (Lipinski definition) is 8. The van der Waals surface area contributed by atoms with E-state index in [0.717, 1.165) is 32.1 Å². The Kier molecular flexibility index (Phi) is 47.8. The van der Waals surface area contributed by atoms with Gasteiger partial charge in [-0.1, -0.05) is 244 Å². The first-order chi connectivity index (χ1) is 32.0. The quantitative estimate of drug-likeness (QED) is 0.0195. The molecule has 392 valence electrons. The Morgan fingerprint density at radius 2 is 0.773 bits per heavy atom. The van der Waals surface area contributed by atoms with Crippen LogP contribution in [0.4, 0.5) is 0 Å². The summed E-state index contributed by atoms with van der Waals surface area (Å²) < 4.78 is 34.1. The Hall–Kier alpha value is -1.25. The van der Waals surface area contributed by atoms with Crippen LogP contribution in [-0.2, 0) is 32.7 Å². The molecule has 9 nitrogen and oxygen atoms in total. The van der Waals surface area contributed by atoms with E-state index in [0.29, 0.717) is 17.4 Å². The lowest BCUT2D eigenvalue weighted by Gasteiger charge is -2.28. The zero-order valence-corrected chi connectivity index (χ0v) is 45.3. The fourth-order valence-electron chi connectivity index (χ4n) is 8.36. The van der Waals surface area contributed by atoms with Crippen LogP contribution >= 0.6 is 7.82 Å². The molecule has 2 atom stereocenters. The second kappa shape index (κ2) is 48.8. The van der Waals surface area contributed by atoms with Gasteiger partial charge in [0.2, 0.25) is 0 Å². The summed E-state index contributed by atoms with van der Waals surface area (Å²) in [6, 6.07) is 0. The monoisotopic (exact) mass is 956 g/mol. The number of phosphoric ester groups is 1. The van der Waals surface area contributed by atoms with E-state index in [1.165, 1.54) is 218 Å². The number of rotatable bonds is 53. The molecular weight excluding hydrogens is 846 g/mol. The summed E-state index contributed by atoms with van der Waals surface area (Å²) in [5, 5.41) is 0. The predicted octanol–water partition coefficient (Wildman–Crippen LogP) is 16.6. The minimum absolute atomic E-state index is 0.0268. The van der Waals surface area contributed by atoms with E-state index in [1.807, 2.05) is 21.1 Å².